The minimum Gasteiger partial charge on any atom is -0.369 e. The third-order valence-electron chi connectivity index (χ3n) is 2.21. The highest BCUT2D eigenvalue weighted by Crippen LogP contribution is 2.24. The van der Waals surface area contributed by atoms with Crippen molar-refractivity contribution >= 4 is 15.8 Å². The topological polar surface area (TPSA) is 62.3 Å². The summed E-state index contributed by atoms with van der Waals surface area (Å²) in [5, 5.41) is 2.70. The van der Waals surface area contributed by atoms with Gasteiger partial charge in [0.1, 0.15) is 17.3 Å². The van der Waals surface area contributed by atoms with E-state index >= 15 is 0 Å². The average Bonchev–Trinajstić information content (AvgIpc) is 2.27. The quantitative estimate of drug-likeness (QED) is 0.898. The van der Waals surface area contributed by atoms with E-state index in [9.17, 15) is 21.6 Å². The Labute approximate surface area is 109 Å². The molecule has 9 heteroatoms. The highest BCUT2D eigenvalue weighted by Gasteiger charge is 2.35. The van der Waals surface area contributed by atoms with Crippen LogP contribution in [0.25, 0.3) is 0 Å². The second-order valence-corrected chi connectivity index (χ2v) is 5.77. The molecule has 0 fully saturated rings. The molecule has 0 unspecified atom stereocenters. The van der Waals surface area contributed by atoms with Crippen LogP contribution in [0.4, 0.5) is 19.0 Å². The van der Waals surface area contributed by atoms with E-state index in [2.05, 4.69) is 10.3 Å². The predicted molar refractivity (Wildman–Crippen MR) is 64.3 cm³/mol. The average molecular weight is 297 g/mol. The fourth-order valence-electron chi connectivity index (χ4n) is 1.40. The summed E-state index contributed by atoms with van der Waals surface area (Å²) in [7, 11) is -3.36. The Kier molecular flexibility index (Phi) is 4.75. The van der Waals surface area contributed by atoms with E-state index in [0.29, 0.717) is 6.54 Å². The molecule has 0 aliphatic rings. The Morgan fingerprint density at radius 1 is 1.42 bits per heavy atom. The molecule has 0 spiro atoms. The van der Waals surface area contributed by atoms with Crippen molar-refractivity contribution in [3.05, 3.63) is 18.3 Å². The fourth-order valence-corrected chi connectivity index (χ4v) is 2.68. The first-order valence-electron chi connectivity index (χ1n) is 5.40. The van der Waals surface area contributed by atoms with Crippen LogP contribution in [0, 0.1) is 0 Å². The zero-order valence-corrected chi connectivity index (χ0v) is 11.2. The molecule has 0 amide bonds. The zero-order valence-electron chi connectivity index (χ0n) is 10.4. The van der Waals surface area contributed by atoms with Crippen LogP contribution >= 0.6 is 0 Å². The Morgan fingerprint density at radius 2 is 2.05 bits per heavy atom. The number of hydrogen-bond acceptors (Lipinski definition) is 4. The van der Waals surface area contributed by atoms with Gasteiger partial charge in [-0.15, -0.1) is 0 Å². The molecule has 0 aromatic carbocycles. The highest BCUT2D eigenvalue weighted by atomic mass is 32.2. The molecule has 0 atom stereocenters. The molecule has 108 valence electrons. The maximum absolute atomic E-state index is 12.3. The SMILES string of the molecule is CCNc1ncccc1S(=O)(=O)N(C)CC(F)(F)F. The molecule has 1 aromatic heterocycles. The van der Waals surface area contributed by atoms with Crippen molar-refractivity contribution in [3.63, 3.8) is 0 Å². The van der Waals surface area contributed by atoms with Gasteiger partial charge in [-0.3, -0.25) is 0 Å². The van der Waals surface area contributed by atoms with E-state index in [1.807, 2.05) is 0 Å². The first-order chi connectivity index (χ1) is 8.68. The summed E-state index contributed by atoms with van der Waals surface area (Å²) in [4.78, 5) is 3.54. The largest absolute Gasteiger partial charge is 0.402 e. The van der Waals surface area contributed by atoms with Crippen LogP contribution < -0.4 is 5.32 Å². The van der Waals surface area contributed by atoms with Crippen molar-refractivity contribution in [1.82, 2.24) is 9.29 Å². The third kappa shape index (κ3) is 4.06. The molecule has 5 nitrogen and oxygen atoms in total. The molecule has 0 radical (unpaired) electrons. The Hall–Kier alpha value is -1.35. The van der Waals surface area contributed by atoms with Crippen LogP contribution in [0.1, 0.15) is 6.92 Å². The molecule has 0 saturated carbocycles. The van der Waals surface area contributed by atoms with Crippen molar-refractivity contribution in [2.24, 2.45) is 0 Å². The second kappa shape index (κ2) is 5.74. The Morgan fingerprint density at radius 3 is 2.58 bits per heavy atom. The van der Waals surface area contributed by atoms with Crippen molar-refractivity contribution in [3.8, 4) is 0 Å². The van der Waals surface area contributed by atoms with Gasteiger partial charge in [-0.2, -0.15) is 17.5 Å². The summed E-state index contributed by atoms with van der Waals surface area (Å²) in [5.41, 5.74) is 0. The molecule has 1 rings (SSSR count). The number of hydrogen-bond donors (Lipinski definition) is 1. The third-order valence-corrected chi connectivity index (χ3v) is 4.04. The minimum atomic E-state index is -4.59. The lowest BCUT2D eigenvalue weighted by molar-refractivity contribution is -0.134. The first-order valence-corrected chi connectivity index (χ1v) is 6.84. The molecule has 19 heavy (non-hydrogen) atoms. The van der Waals surface area contributed by atoms with Gasteiger partial charge < -0.3 is 5.32 Å². The summed E-state index contributed by atoms with van der Waals surface area (Å²) in [6.45, 7) is 0.586. The molecule has 1 N–H and O–H groups in total. The van der Waals surface area contributed by atoms with E-state index in [1.54, 1.807) is 6.92 Å². The number of pyridine rings is 1. The van der Waals surface area contributed by atoms with E-state index in [-0.39, 0.29) is 15.0 Å². The smallest absolute Gasteiger partial charge is 0.369 e. The number of nitrogens with one attached hydrogen (secondary N) is 1. The van der Waals surface area contributed by atoms with Gasteiger partial charge in [0.25, 0.3) is 0 Å². The molecule has 0 aliphatic heterocycles. The number of alkyl halides is 3. The molecule has 1 aromatic rings. The second-order valence-electron chi connectivity index (χ2n) is 3.76. The molecule has 1 heterocycles. The van der Waals surface area contributed by atoms with E-state index in [1.165, 1.54) is 18.3 Å². The number of anilines is 1. The molecule has 0 bridgehead atoms. The van der Waals surface area contributed by atoms with Crippen LogP contribution in [-0.2, 0) is 10.0 Å². The van der Waals surface area contributed by atoms with Gasteiger partial charge >= 0.3 is 6.18 Å². The molecular weight excluding hydrogens is 283 g/mol. The number of rotatable bonds is 5. The summed E-state index contributed by atoms with van der Waals surface area (Å²) in [6, 6.07) is 2.57. The summed E-state index contributed by atoms with van der Waals surface area (Å²) < 4.78 is 61.1. The predicted octanol–water partition coefficient (Wildman–Crippen LogP) is 1.70. The van der Waals surface area contributed by atoms with Crippen LogP contribution in [0.2, 0.25) is 0 Å². The maximum atomic E-state index is 12.3. The van der Waals surface area contributed by atoms with Crippen molar-refractivity contribution in [1.29, 1.82) is 0 Å². The van der Waals surface area contributed by atoms with E-state index in [4.69, 9.17) is 0 Å². The lowest BCUT2D eigenvalue weighted by atomic mass is 10.4. The summed E-state index contributed by atoms with van der Waals surface area (Å²) >= 11 is 0. The Bertz CT molecular complexity index is 531. The number of aromatic nitrogens is 1. The van der Waals surface area contributed by atoms with Gasteiger partial charge in [0.2, 0.25) is 10.0 Å². The standard InChI is InChI=1S/C10H14F3N3O2S/c1-3-14-9-8(5-4-6-15-9)19(17,18)16(2)7-10(11,12)13/h4-6H,3,7H2,1-2H3,(H,14,15). The van der Waals surface area contributed by atoms with Gasteiger partial charge in [-0.1, -0.05) is 0 Å². The maximum Gasteiger partial charge on any atom is 0.402 e. The highest BCUT2D eigenvalue weighted by molar-refractivity contribution is 7.89. The monoisotopic (exact) mass is 297 g/mol. The Balaban J connectivity index is 3.13. The van der Waals surface area contributed by atoms with Gasteiger partial charge in [0.15, 0.2) is 0 Å². The summed E-state index contributed by atoms with van der Waals surface area (Å²) in [6.07, 6.45) is -3.23. The molecule has 0 aliphatic carbocycles. The lowest BCUT2D eigenvalue weighted by Crippen LogP contribution is -2.36. The molecule has 0 saturated heterocycles. The fraction of sp³-hybridized carbons (Fsp3) is 0.500. The normalized spacial score (nSPS) is 12.7. The molecular formula is C10H14F3N3O2S. The van der Waals surface area contributed by atoms with Crippen LogP contribution in [-0.4, -0.2) is 44.0 Å². The van der Waals surface area contributed by atoms with Gasteiger partial charge in [0.05, 0.1) is 0 Å². The van der Waals surface area contributed by atoms with E-state index in [0.717, 1.165) is 7.05 Å². The van der Waals surface area contributed by atoms with Gasteiger partial charge in [-0.05, 0) is 19.1 Å². The first kappa shape index (κ1) is 15.7. The lowest BCUT2D eigenvalue weighted by Gasteiger charge is -2.20. The van der Waals surface area contributed by atoms with Crippen LogP contribution in [0.3, 0.4) is 0 Å². The number of sulfonamides is 1. The van der Waals surface area contributed by atoms with Crippen molar-refractivity contribution in [2.75, 3.05) is 25.5 Å². The minimum absolute atomic E-state index is 0.0408. The van der Waals surface area contributed by atoms with Gasteiger partial charge in [-0.25, -0.2) is 13.4 Å². The number of nitrogens with zero attached hydrogens (tertiary/aromatic N) is 2. The van der Waals surface area contributed by atoms with Gasteiger partial charge in [0, 0.05) is 19.8 Å². The number of halogens is 3. The van der Waals surface area contributed by atoms with Crippen molar-refractivity contribution < 1.29 is 21.6 Å². The van der Waals surface area contributed by atoms with E-state index < -0.39 is 22.7 Å². The van der Waals surface area contributed by atoms with Crippen LogP contribution in [0.5, 0.6) is 0 Å². The van der Waals surface area contributed by atoms with Crippen LogP contribution in [0.15, 0.2) is 23.2 Å². The van der Waals surface area contributed by atoms with Crippen molar-refractivity contribution in [2.45, 2.75) is 18.0 Å². The zero-order chi connectivity index (χ0) is 14.7. The summed E-state index contributed by atoms with van der Waals surface area (Å²) in [5.74, 6) is 0.0408.